The summed E-state index contributed by atoms with van der Waals surface area (Å²) >= 11 is 0. The number of hydrogen-bond acceptors (Lipinski definition) is 6. The molecule has 7 heteroatoms. The molecule has 4 aromatic rings. The van der Waals surface area contributed by atoms with Gasteiger partial charge in [0.15, 0.2) is 5.82 Å². The van der Waals surface area contributed by atoms with E-state index in [1.807, 2.05) is 36.1 Å². The Bertz CT molecular complexity index is 1200. The zero-order valence-electron chi connectivity index (χ0n) is 15.8. The molecule has 5 rings (SSSR count). The number of aromatic nitrogens is 4. The van der Waals surface area contributed by atoms with E-state index in [2.05, 4.69) is 15.0 Å². The van der Waals surface area contributed by atoms with Crippen molar-refractivity contribution in [2.45, 2.75) is 13.3 Å². The lowest BCUT2D eigenvalue weighted by Crippen LogP contribution is -2.16. The van der Waals surface area contributed by atoms with Gasteiger partial charge in [-0.15, -0.1) is 0 Å². The van der Waals surface area contributed by atoms with Crippen molar-refractivity contribution in [3.8, 4) is 17.3 Å². The first-order chi connectivity index (χ1) is 14.2. The Morgan fingerprint density at radius 1 is 1.10 bits per heavy atom. The number of benzene rings is 2. The largest absolute Gasteiger partial charge is 0.494 e. The Labute approximate surface area is 167 Å². The predicted molar refractivity (Wildman–Crippen MR) is 109 cm³/mol. The quantitative estimate of drug-likeness (QED) is 0.520. The maximum absolute atomic E-state index is 14.0. The van der Waals surface area contributed by atoms with E-state index in [1.54, 1.807) is 24.7 Å². The van der Waals surface area contributed by atoms with Crippen LogP contribution in [-0.2, 0) is 6.42 Å². The fraction of sp³-hybridized carbons (Fsp3) is 0.182. The smallest absolute Gasteiger partial charge is 0.182 e. The average Bonchev–Trinajstić information content (AvgIpc) is 3.17. The van der Waals surface area contributed by atoms with Gasteiger partial charge < -0.3 is 9.64 Å². The maximum atomic E-state index is 14.0. The Hall–Kier alpha value is -3.61. The first kappa shape index (κ1) is 17.5. The Morgan fingerprint density at radius 2 is 2.03 bits per heavy atom. The van der Waals surface area contributed by atoms with Gasteiger partial charge >= 0.3 is 0 Å². The highest BCUT2D eigenvalue weighted by atomic mass is 19.1. The van der Waals surface area contributed by atoms with E-state index in [0.29, 0.717) is 30.5 Å². The molecule has 1 aliphatic rings. The first-order valence-corrected chi connectivity index (χ1v) is 9.50. The third kappa shape index (κ3) is 3.14. The van der Waals surface area contributed by atoms with E-state index < -0.39 is 0 Å². The SMILES string of the molecule is CCOc1ccc2nc(-c3cnccn3)nc(N3CCc4ccc(F)cc43)c2c1. The summed E-state index contributed by atoms with van der Waals surface area (Å²) < 4.78 is 19.7. The van der Waals surface area contributed by atoms with Crippen LogP contribution in [0.5, 0.6) is 5.75 Å². The van der Waals surface area contributed by atoms with Crippen molar-refractivity contribution in [1.82, 2.24) is 19.9 Å². The van der Waals surface area contributed by atoms with Gasteiger partial charge in [-0.25, -0.2) is 19.3 Å². The summed E-state index contributed by atoms with van der Waals surface area (Å²) in [5.41, 5.74) is 3.28. The third-order valence-corrected chi connectivity index (χ3v) is 4.95. The second kappa shape index (κ2) is 7.09. The van der Waals surface area contributed by atoms with Crippen molar-refractivity contribution in [1.29, 1.82) is 0 Å². The standard InChI is InChI=1S/C22H18FN5O/c1-2-29-16-5-6-18-17(12-16)22(27-21(26-18)19-13-24-8-9-25-19)28-10-7-14-3-4-15(23)11-20(14)28/h3-6,8-9,11-13H,2,7,10H2,1H3. The Morgan fingerprint density at radius 3 is 2.86 bits per heavy atom. The molecule has 0 saturated carbocycles. The highest BCUT2D eigenvalue weighted by molar-refractivity contribution is 5.94. The molecule has 1 aliphatic heterocycles. The van der Waals surface area contributed by atoms with Crippen molar-refractivity contribution in [3.05, 3.63) is 66.4 Å². The molecule has 0 spiro atoms. The molecule has 0 fully saturated rings. The van der Waals surface area contributed by atoms with E-state index in [9.17, 15) is 4.39 Å². The molecule has 0 unspecified atom stereocenters. The van der Waals surface area contributed by atoms with Crippen LogP contribution in [0.15, 0.2) is 55.0 Å². The van der Waals surface area contributed by atoms with Gasteiger partial charge in [-0.05, 0) is 49.2 Å². The fourth-order valence-electron chi connectivity index (χ4n) is 3.66. The molecule has 2 aromatic carbocycles. The average molecular weight is 387 g/mol. The van der Waals surface area contributed by atoms with Crippen LogP contribution < -0.4 is 9.64 Å². The van der Waals surface area contributed by atoms with Crippen molar-refractivity contribution in [2.24, 2.45) is 0 Å². The normalized spacial score (nSPS) is 13.0. The van der Waals surface area contributed by atoms with Gasteiger partial charge in [0.25, 0.3) is 0 Å². The van der Waals surface area contributed by atoms with Gasteiger partial charge in [0.2, 0.25) is 0 Å². The van der Waals surface area contributed by atoms with Crippen LogP contribution in [0, 0.1) is 5.82 Å². The topological polar surface area (TPSA) is 64.0 Å². The zero-order chi connectivity index (χ0) is 19.8. The van der Waals surface area contributed by atoms with Crippen LogP contribution in [0.3, 0.4) is 0 Å². The molecule has 0 N–H and O–H groups in total. The van der Waals surface area contributed by atoms with Crippen LogP contribution in [0.1, 0.15) is 12.5 Å². The van der Waals surface area contributed by atoms with Crippen molar-refractivity contribution in [2.75, 3.05) is 18.1 Å². The van der Waals surface area contributed by atoms with E-state index in [4.69, 9.17) is 9.72 Å². The lowest BCUT2D eigenvalue weighted by Gasteiger charge is -2.21. The molecule has 2 aromatic heterocycles. The van der Waals surface area contributed by atoms with Crippen LogP contribution in [0.25, 0.3) is 22.4 Å². The van der Waals surface area contributed by atoms with E-state index in [0.717, 1.165) is 34.3 Å². The Kier molecular flexibility index (Phi) is 4.27. The summed E-state index contributed by atoms with van der Waals surface area (Å²) in [6.07, 6.45) is 5.68. The maximum Gasteiger partial charge on any atom is 0.182 e. The van der Waals surface area contributed by atoms with Gasteiger partial charge in [0.1, 0.15) is 23.1 Å². The van der Waals surface area contributed by atoms with Gasteiger partial charge in [-0.1, -0.05) is 6.07 Å². The monoisotopic (exact) mass is 387 g/mol. The number of halogens is 1. The lowest BCUT2D eigenvalue weighted by molar-refractivity contribution is 0.340. The summed E-state index contributed by atoms with van der Waals surface area (Å²) in [4.78, 5) is 20.0. The molecular formula is C22H18FN5O. The van der Waals surface area contributed by atoms with Crippen molar-refractivity contribution in [3.63, 3.8) is 0 Å². The fourth-order valence-corrected chi connectivity index (χ4v) is 3.66. The molecular weight excluding hydrogens is 369 g/mol. The zero-order valence-corrected chi connectivity index (χ0v) is 15.8. The molecule has 0 bridgehead atoms. The van der Waals surface area contributed by atoms with Crippen molar-refractivity contribution < 1.29 is 9.13 Å². The van der Waals surface area contributed by atoms with E-state index >= 15 is 0 Å². The van der Waals surface area contributed by atoms with Crippen LogP contribution in [0.4, 0.5) is 15.9 Å². The highest BCUT2D eigenvalue weighted by Crippen LogP contribution is 2.38. The summed E-state index contributed by atoms with van der Waals surface area (Å²) in [5.74, 6) is 1.67. The molecule has 144 valence electrons. The van der Waals surface area contributed by atoms with E-state index in [1.165, 1.54) is 6.07 Å². The minimum atomic E-state index is -0.266. The molecule has 0 amide bonds. The second-order valence-electron chi connectivity index (χ2n) is 6.75. The van der Waals surface area contributed by atoms with Crippen LogP contribution >= 0.6 is 0 Å². The minimum Gasteiger partial charge on any atom is -0.494 e. The molecule has 0 saturated heterocycles. The van der Waals surface area contributed by atoms with Crippen LogP contribution in [-0.4, -0.2) is 33.1 Å². The number of nitrogens with zero attached hydrogens (tertiary/aromatic N) is 5. The molecule has 29 heavy (non-hydrogen) atoms. The van der Waals surface area contributed by atoms with Crippen molar-refractivity contribution >= 4 is 22.4 Å². The number of rotatable bonds is 4. The summed E-state index contributed by atoms with van der Waals surface area (Å²) in [7, 11) is 0. The highest BCUT2D eigenvalue weighted by Gasteiger charge is 2.25. The molecule has 6 nitrogen and oxygen atoms in total. The van der Waals surface area contributed by atoms with Gasteiger partial charge in [0.05, 0.1) is 18.3 Å². The first-order valence-electron chi connectivity index (χ1n) is 9.50. The van der Waals surface area contributed by atoms with Gasteiger partial charge in [-0.3, -0.25) is 4.98 Å². The summed E-state index contributed by atoms with van der Waals surface area (Å²) in [6.45, 7) is 3.22. The second-order valence-corrected chi connectivity index (χ2v) is 6.75. The van der Waals surface area contributed by atoms with Crippen LogP contribution in [0.2, 0.25) is 0 Å². The number of anilines is 2. The molecule has 0 atom stereocenters. The van der Waals surface area contributed by atoms with E-state index in [-0.39, 0.29) is 5.82 Å². The lowest BCUT2D eigenvalue weighted by atomic mass is 10.1. The molecule has 0 aliphatic carbocycles. The Balaban J connectivity index is 1.74. The molecule has 0 radical (unpaired) electrons. The number of fused-ring (bicyclic) bond motifs is 2. The minimum absolute atomic E-state index is 0.266. The van der Waals surface area contributed by atoms with Gasteiger partial charge in [0, 0.05) is 30.0 Å². The third-order valence-electron chi connectivity index (χ3n) is 4.95. The van der Waals surface area contributed by atoms with Gasteiger partial charge in [-0.2, -0.15) is 0 Å². The number of ether oxygens (including phenoxy) is 1. The number of hydrogen-bond donors (Lipinski definition) is 0. The predicted octanol–water partition coefficient (Wildman–Crippen LogP) is 4.32. The summed E-state index contributed by atoms with van der Waals surface area (Å²) in [5, 5.41) is 0.848. The summed E-state index contributed by atoms with van der Waals surface area (Å²) in [6, 6.07) is 10.6. The molecule has 3 heterocycles.